The highest BCUT2D eigenvalue weighted by Crippen LogP contribution is 2.25. The van der Waals surface area contributed by atoms with Crippen LogP contribution in [0, 0.1) is 0 Å². The third kappa shape index (κ3) is 6.37. The van der Waals surface area contributed by atoms with E-state index in [0.717, 1.165) is 5.75 Å². The van der Waals surface area contributed by atoms with Crippen LogP contribution >= 0.6 is 11.8 Å². The number of rotatable bonds is 9. The van der Waals surface area contributed by atoms with Gasteiger partial charge < -0.3 is 25.6 Å². The van der Waals surface area contributed by atoms with E-state index < -0.39 is 6.04 Å². The van der Waals surface area contributed by atoms with Gasteiger partial charge in [-0.15, -0.1) is 0 Å². The molecule has 0 saturated carbocycles. The van der Waals surface area contributed by atoms with E-state index in [-0.39, 0.29) is 30.8 Å². The molecule has 0 saturated heterocycles. The first-order valence-corrected chi connectivity index (χ1v) is 8.52. The Morgan fingerprint density at radius 3 is 2.78 bits per heavy atom. The number of aromatic hydroxyl groups is 1. The normalized spacial score (nSPS) is 11.6. The lowest BCUT2D eigenvalue weighted by molar-refractivity contribution is -0.408. The topological polar surface area (TPSA) is 112 Å². The number of hydrogen-bond donors (Lipinski definition) is 3. The Balaban J connectivity index is 2.34. The summed E-state index contributed by atoms with van der Waals surface area (Å²) in [4.78, 5) is 23.5. The molecule has 128 valence electrons. The van der Waals surface area contributed by atoms with Crippen LogP contribution in [0.25, 0.3) is 0 Å². The molecule has 1 rings (SSSR count). The Morgan fingerprint density at radius 1 is 1.43 bits per heavy atom. The van der Waals surface area contributed by atoms with Crippen LogP contribution in [0.1, 0.15) is 16.8 Å². The largest absolute Gasteiger partial charge is 0.504 e. The molecular formula is C15H23N2O5S+. The number of hydrogen-bond acceptors (Lipinski definition) is 6. The number of ether oxygens (including phenoxy) is 2. The fraction of sp³-hybridized carbons (Fsp3) is 0.467. The number of amides is 1. The molecule has 0 aromatic heterocycles. The standard InChI is InChI=1S/C15H22N2O5S/c1-21-13-4-3-10(9-12(13)18)14(19)17-6-7-22-15(20)11(16)5-8-23-2/h3-4,9,11,18H,5-8,16H2,1-2H3,(H,17,19)/p+1/t11-/m0/s1. The van der Waals surface area contributed by atoms with Crippen molar-refractivity contribution >= 4 is 23.6 Å². The summed E-state index contributed by atoms with van der Waals surface area (Å²) in [5.41, 5.74) is 4.04. The van der Waals surface area contributed by atoms with Gasteiger partial charge in [-0.2, -0.15) is 11.8 Å². The molecule has 0 fully saturated rings. The molecule has 0 spiro atoms. The summed E-state index contributed by atoms with van der Waals surface area (Å²) in [6, 6.07) is 3.96. The number of phenolic OH excluding ortho intramolecular Hbond substituents is 1. The van der Waals surface area contributed by atoms with Crippen LogP contribution in [0.5, 0.6) is 11.5 Å². The number of carbonyl (C=O) groups is 2. The molecule has 7 nitrogen and oxygen atoms in total. The molecule has 0 radical (unpaired) electrons. The van der Waals surface area contributed by atoms with Crippen LogP contribution in [0.15, 0.2) is 18.2 Å². The molecule has 8 heteroatoms. The quantitative estimate of drug-likeness (QED) is 0.431. The second kappa shape index (κ2) is 9.96. The third-order valence-corrected chi connectivity index (χ3v) is 3.72. The zero-order chi connectivity index (χ0) is 17.2. The van der Waals surface area contributed by atoms with E-state index in [2.05, 4.69) is 11.1 Å². The van der Waals surface area contributed by atoms with Crippen LogP contribution < -0.4 is 15.8 Å². The van der Waals surface area contributed by atoms with Crippen molar-refractivity contribution in [2.75, 3.05) is 32.3 Å². The minimum Gasteiger partial charge on any atom is -0.504 e. The number of methoxy groups -OCH3 is 1. The summed E-state index contributed by atoms with van der Waals surface area (Å²) in [6.07, 6.45) is 2.63. The zero-order valence-electron chi connectivity index (χ0n) is 13.3. The predicted octanol–water partition coefficient (Wildman–Crippen LogP) is 0.0374. The molecule has 5 N–H and O–H groups in total. The van der Waals surface area contributed by atoms with Gasteiger partial charge in [-0.1, -0.05) is 0 Å². The average Bonchev–Trinajstić information content (AvgIpc) is 2.55. The summed E-state index contributed by atoms with van der Waals surface area (Å²) in [5.74, 6) is 0.298. The van der Waals surface area contributed by atoms with Crippen LogP contribution in [0.2, 0.25) is 0 Å². The molecule has 23 heavy (non-hydrogen) atoms. The summed E-state index contributed by atoms with van der Waals surface area (Å²) >= 11 is 1.65. The molecule has 0 aliphatic heterocycles. The van der Waals surface area contributed by atoms with Crippen molar-refractivity contribution in [1.29, 1.82) is 0 Å². The van der Waals surface area contributed by atoms with Gasteiger partial charge in [-0.25, -0.2) is 4.79 Å². The first-order chi connectivity index (χ1) is 11.0. The minimum atomic E-state index is -0.392. The van der Waals surface area contributed by atoms with Crippen molar-refractivity contribution in [3.63, 3.8) is 0 Å². The lowest BCUT2D eigenvalue weighted by atomic mass is 10.2. The monoisotopic (exact) mass is 343 g/mol. The molecule has 1 amide bonds. The van der Waals surface area contributed by atoms with Crippen molar-refractivity contribution in [3.05, 3.63) is 23.8 Å². The van der Waals surface area contributed by atoms with Crippen LogP contribution in [-0.2, 0) is 9.53 Å². The average molecular weight is 343 g/mol. The molecular weight excluding hydrogens is 320 g/mol. The van der Waals surface area contributed by atoms with Crippen LogP contribution in [-0.4, -0.2) is 55.3 Å². The van der Waals surface area contributed by atoms with Gasteiger partial charge in [0.05, 0.1) is 13.7 Å². The number of thioether (sulfide) groups is 1. The SMILES string of the molecule is COc1ccc(C(=O)NCCOC(=O)[C@@H]([NH3+])CCSC)cc1O. The van der Waals surface area contributed by atoms with E-state index in [1.54, 1.807) is 11.8 Å². The van der Waals surface area contributed by atoms with Crippen molar-refractivity contribution in [3.8, 4) is 11.5 Å². The molecule has 0 aliphatic rings. The molecule has 1 aromatic carbocycles. The van der Waals surface area contributed by atoms with Crippen molar-refractivity contribution in [2.24, 2.45) is 0 Å². The van der Waals surface area contributed by atoms with Gasteiger partial charge in [0, 0.05) is 12.0 Å². The number of esters is 1. The molecule has 0 heterocycles. The van der Waals surface area contributed by atoms with Gasteiger partial charge in [0.1, 0.15) is 6.61 Å². The zero-order valence-corrected chi connectivity index (χ0v) is 14.1. The van der Waals surface area contributed by atoms with E-state index in [4.69, 9.17) is 9.47 Å². The van der Waals surface area contributed by atoms with Gasteiger partial charge in [0.25, 0.3) is 5.91 Å². The number of phenols is 1. The van der Waals surface area contributed by atoms with Gasteiger partial charge in [0.2, 0.25) is 0 Å². The van der Waals surface area contributed by atoms with Gasteiger partial charge in [-0.05, 0) is 30.2 Å². The van der Waals surface area contributed by atoms with E-state index in [1.165, 1.54) is 25.3 Å². The molecule has 1 aromatic rings. The molecule has 0 bridgehead atoms. The molecule has 1 atom stereocenters. The number of quaternary nitrogens is 1. The maximum atomic E-state index is 11.9. The van der Waals surface area contributed by atoms with Gasteiger partial charge in [0.15, 0.2) is 17.5 Å². The van der Waals surface area contributed by atoms with E-state index >= 15 is 0 Å². The molecule has 0 aliphatic carbocycles. The lowest BCUT2D eigenvalue weighted by Gasteiger charge is -2.10. The van der Waals surface area contributed by atoms with Crippen LogP contribution in [0.4, 0.5) is 0 Å². The van der Waals surface area contributed by atoms with E-state index in [0.29, 0.717) is 17.7 Å². The van der Waals surface area contributed by atoms with Crippen molar-refractivity contribution < 1.29 is 29.9 Å². The number of carbonyl (C=O) groups excluding carboxylic acids is 2. The summed E-state index contributed by atoms with van der Waals surface area (Å²) < 4.78 is 9.96. The maximum absolute atomic E-state index is 11.9. The van der Waals surface area contributed by atoms with Gasteiger partial charge in [-0.3, -0.25) is 4.79 Å². The van der Waals surface area contributed by atoms with Gasteiger partial charge >= 0.3 is 5.97 Å². The Hall–Kier alpha value is -1.93. The van der Waals surface area contributed by atoms with Crippen LogP contribution in [0.3, 0.4) is 0 Å². The van der Waals surface area contributed by atoms with Crippen molar-refractivity contribution in [2.45, 2.75) is 12.5 Å². The summed E-state index contributed by atoms with van der Waals surface area (Å²) in [5, 5.41) is 12.2. The predicted molar refractivity (Wildman–Crippen MR) is 87.6 cm³/mol. The summed E-state index contributed by atoms with van der Waals surface area (Å²) in [6.45, 7) is 0.268. The fourth-order valence-electron chi connectivity index (χ4n) is 1.75. The third-order valence-electron chi connectivity index (χ3n) is 3.08. The Kier molecular flexibility index (Phi) is 8.28. The maximum Gasteiger partial charge on any atom is 0.364 e. The number of benzene rings is 1. The second-order valence-electron chi connectivity index (χ2n) is 4.79. The highest BCUT2D eigenvalue weighted by molar-refractivity contribution is 7.98. The Labute approximate surface area is 139 Å². The summed E-state index contributed by atoms with van der Waals surface area (Å²) in [7, 11) is 1.43. The highest BCUT2D eigenvalue weighted by Gasteiger charge is 2.18. The first-order valence-electron chi connectivity index (χ1n) is 7.13. The second-order valence-corrected chi connectivity index (χ2v) is 5.77. The Bertz CT molecular complexity index is 539. The van der Waals surface area contributed by atoms with Crippen molar-refractivity contribution in [1.82, 2.24) is 5.32 Å². The highest BCUT2D eigenvalue weighted by atomic mass is 32.2. The number of nitrogens with one attached hydrogen (secondary N) is 1. The Morgan fingerprint density at radius 2 is 2.17 bits per heavy atom. The first kappa shape index (κ1) is 19.1. The van der Waals surface area contributed by atoms with E-state index in [9.17, 15) is 14.7 Å². The lowest BCUT2D eigenvalue weighted by Crippen LogP contribution is -2.65. The fourth-order valence-corrected chi connectivity index (χ4v) is 2.27. The molecule has 0 unspecified atom stereocenters. The van der Waals surface area contributed by atoms with E-state index in [1.807, 2.05) is 6.26 Å². The smallest absolute Gasteiger partial charge is 0.364 e. The minimum absolute atomic E-state index is 0.0813.